The van der Waals surface area contributed by atoms with E-state index >= 15 is 0 Å². The van der Waals surface area contributed by atoms with Crippen molar-refractivity contribution in [3.8, 4) is 5.75 Å². The standard InChI is InChI=1S/C25H21N3O6S/c1-4-13-34-24(30)21-15(2)26-25-27(22(21)16-9-11-18(33-3)12-10-16)23(29)20(35-25)14-17-7-5-6-8-19(17)28(31)32/h4-12,14,22H,1,13H2,2-3H3/b20-14+/t22-/m1/s1. The molecule has 1 aliphatic heterocycles. The van der Waals surface area contributed by atoms with Gasteiger partial charge in [0.15, 0.2) is 4.80 Å². The molecule has 0 fully saturated rings. The van der Waals surface area contributed by atoms with Gasteiger partial charge in [0, 0.05) is 6.07 Å². The molecule has 0 saturated heterocycles. The van der Waals surface area contributed by atoms with Gasteiger partial charge in [0.25, 0.3) is 11.2 Å². The van der Waals surface area contributed by atoms with E-state index < -0.39 is 22.5 Å². The van der Waals surface area contributed by atoms with Gasteiger partial charge in [-0.05, 0) is 36.8 Å². The Morgan fingerprint density at radius 2 is 1.97 bits per heavy atom. The van der Waals surface area contributed by atoms with E-state index in [0.717, 1.165) is 11.3 Å². The molecular formula is C25H21N3O6S. The Balaban J connectivity index is 1.95. The number of carbonyl (C=O) groups excluding carboxylic acids is 1. The molecule has 0 amide bonds. The third-order valence-corrected chi connectivity index (χ3v) is 6.41. The zero-order valence-electron chi connectivity index (χ0n) is 19.0. The van der Waals surface area contributed by atoms with Crippen LogP contribution < -0.4 is 19.6 Å². The second kappa shape index (κ2) is 9.90. The van der Waals surface area contributed by atoms with Gasteiger partial charge in [0.2, 0.25) is 0 Å². The fourth-order valence-corrected chi connectivity index (χ4v) is 4.85. The number of para-hydroxylation sites is 1. The summed E-state index contributed by atoms with van der Waals surface area (Å²) in [4.78, 5) is 42.4. The number of esters is 1. The van der Waals surface area contributed by atoms with E-state index in [9.17, 15) is 19.7 Å². The molecule has 9 nitrogen and oxygen atoms in total. The molecular weight excluding hydrogens is 470 g/mol. The number of fused-ring (bicyclic) bond motifs is 1. The van der Waals surface area contributed by atoms with Crippen molar-refractivity contribution in [3.05, 3.63) is 113 Å². The van der Waals surface area contributed by atoms with Crippen LogP contribution in [-0.2, 0) is 9.53 Å². The molecule has 10 heteroatoms. The fraction of sp³-hybridized carbons (Fsp3) is 0.160. The summed E-state index contributed by atoms with van der Waals surface area (Å²) in [6.07, 6.45) is 2.93. The maximum atomic E-state index is 13.6. The maximum Gasteiger partial charge on any atom is 0.338 e. The molecule has 0 unspecified atom stereocenters. The van der Waals surface area contributed by atoms with Crippen molar-refractivity contribution in [1.82, 2.24) is 4.57 Å². The molecule has 1 aromatic heterocycles. The summed E-state index contributed by atoms with van der Waals surface area (Å²) in [5, 5.41) is 11.4. The van der Waals surface area contributed by atoms with Crippen LogP contribution in [0.1, 0.15) is 24.1 Å². The largest absolute Gasteiger partial charge is 0.497 e. The van der Waals surface area contributed by atoms with Crippen LogP contribution in [0.15, 0.2) is 82.2 Å². The van der Waals surface area contributed by atoms with Gasteiger partial charge in [-0.15, -0.1) is 0 Å². The first-order valence-corrected chi connectivity index (χ1v) is 11.3. The van der Waals surface area contributed by atoms with Crippen molar-refractivity contribution < 1.29 is 19.2 Å². The Kier molecular flexibility index (Phi) is 6.74. The summed E-state index contributed by atoms with van der Waals surface area (Å²) in [6, 6.07) is 12.4. The quantitative estimate of drug-likeness (QED) is 0.217. The number of nitrogens with zero attached hydrogens (tertiary/aromatic N) is 3. The number of nitro benzene ring substituents is 1. The molecule has 0 bridgehead atoms. The van der Waals surface area contributed by atoms with Crippen LogP contribution in [0.25, 0.3) is 6.08 Å². The van der Waals surface area contributed by atoms with Gasteiger partial charge >= 0.3 is 5.97 Å². The minimum absolute atomic E-state index is 0.00699. The number of rotatable bonds is 7. The number of nitro groups is 1. The number of aromatic nitrogens is 1. The smallest absolute Gasteiger partial charge is 0.338 e. The van der Waals surface area contributed by atoms with Crippen LogP contribution in [0.4, 0.5) is 5.69 Å². The number of methoxy groups -OCH3 is 1. The highest BCUT2D eigenvalue weighted by molar-refractivity contribution is 7.07. The highest BCUT2D eigenvalue weighted by Gasteiger charge is 2.33. The Bertz CT molecular complexity index is 1530. The molecule has 4 rings (SSSR count). The summed E-state index contributed by atoms with van der Waals surface area (Å²) >= 11 is 1.10. The first-order valence-electron chi connectivity index (χ1n) is 10.5. The molecule has 0 radical (unpaired) electrons. The van der Waals surface area contributed by atoms with Gasteiger partial charge in [-0.2, -0.15) is 0 Å². The number of benzene rings is 2. The van der Waals surface area contributed by atoms with Gasteiger partial charge in [-0.3, -0.25) is 19.5 Å². The Morgan fingerprint density at radius 3 is 2.63 bits per heavy atom. The number of ether oxygens (including phenoxy) is 2. The minimum Gasteiger partial charge on any atom is -0.497 e. The fourth-order valence-electron chi connectivity index (χ4n) is 3.81. The molecule has 0 N–H and O–H groups in total. The first-order chi connectivity index (χ1) is 16.8. The molecule has 0 saturated carbocycles. The number of hydrogen-bond donors (Lipinski definition) is 0. The topological polar surface area (TPSA) is 113 Å². The summed E-state index contributed by atoms with van der Waals surface area (Å²) < 4.78 is 12.2. The van der Waals surface area contributed by atoms with E-state index in [0.29, 0.717) is 27.4 Å². The van der Waals surface area contributed by atoms with E-state index in [1.165, 1.54) is 22.8 Å². The molecule has 2 heterocycles. The van der Waals surface area contributed by atoms with Crippen LogP contribution in [0.5, 0.6) is 5.75 Å². The average molecular weight is 492 g/mol. The molecule has 0 spiro atoms. The number of allylic oxidation sites excluding steroid dienone is 1. The van der Waals surface area contributed by atoms with E-state index in [-0.39, 0.29) is 22.4 Å². The van der Waals surface area contributed by atoms with Crippen LogP contribution in [0.3, 0.4) is 0 Å². The third kappa shape index (κ3) is 4.56. The average Bonchev–Trinajstić information content (AvgIpc) is 3.16. The molecule has 2 aromatic carbocycles. The van der Waals surface area contributed by atoms with Crippen LogP contribution in [0.2, 0.25) is 0 Å². The van der Waals surface area contributed by atoms with Crippen molar-refractivity contribution in [3.63, 3.8) is 0 Å². The second-order valence-electron chi connectivity index (χ2n) is 7.56. The lowest BCUT2D eigenvalue weighted by Crippen LogP contribution is -2.39. The molecule has 1 atom stereocenters. The second-order valence-corrected chi connectivity index (χ2v) is 8.57. The lowest BCUT2D eigenvalue weighted by molar-refractivity contribution is -0.385. The van der Waals surface area contributed by atoms with Gasteiger partial charge < -0.3 is 9.47 Å². The number of thiazole rings is 1. The van der Waals surface area contributed by atoms with E-state index in [1.807, 2.05) is 0 Å². The SMILES string of the molecule is C=CCOC(=O)C1=C(C)N=c2s/c(=C/c3ccccc3[N+](=O)[O-])c(=O)n2[C@@H]1c1ccc(OC)cc1. The monoisotopic (exact) mass is 491 g/mol. The predicted octanol–water partition coefficient (Wildman–Crippen LogP) is 2.88. The van der Waals surface area contributed by atoms with E-state index in [1.54, 1.807) is 56.5 Å². The van der Waals surface area contributed by atoms with Gasteiger partial charge in [0.1, 0.15) is 12.4 Å². The van der Waals surface area contributed by atoms with Crippen molar-refractivity contribution in [1.29, 1.82) is 0 Å². The van der Waals surface area contributed by atoms with Gasteiger partial charge in [0.05, 0.1) is 39.4 Å². The maximum absolute atomic E-state index is 13.6. The molecule has 35 heavy (non-hydrogen) atoms. The zero-order chi connectivity index (χ0) is 25.1. The predicted molar refractivity (Wildman–Crippen MR) is 131 cm³/mol. The summed E-state index contributed by atoms with van der Waals surface area (Å²) in [6.45, 7) is 5.26. The zero-order valence-corrected chi connectivity index (χ0v) is 19.8. The van der Waals surface area contributed by atoms with Gasteiger partial charge in [-0.1, -0.05) is 48.3 Å². The normalized spacial score (nSPS) is 15.3. The first kappa shape index (κ1) is 23.8. The molecule has 178 valence electrons. The lowest BCUT2D eigenvalue weighted by atomic mass is 9.96. The van der Waals surface area contributed by atoms with Crippen molar-refractivity contribution >= 4 is 29.1 Å². The number of carbonyl (C=O) groups is 1. The lowest BCUT2D eigenvalue weighted by Gasteiger charge is -2.24. The summed E-state index contributed by atoms with van der Waals surface area (Å²) in [5.74, 6) is 0.00831. The van der Waals surface area contributed by atoms with Gasteiger partial charge in [-0.25, -0.2) is 9.79 Å². The van der Waals surface area contributed by atoms with Crippen molar-refractivity contribution in [2.24, 2.45) is 4.99 Å². The Labute approximate surface area is 203 Å². The van der Waals surface area contributed by atoms with E-state index in [4.69, 9.17) is 9.47 Å². The highest BCUT2D eigenvalue weighted by Crippen LogP contribution is 2.31. The number of hydrogen-bond acceptors (Lipinski definition) is 8. The molecule has 3 aromatic rings. The van der Waals surface area contributed by atoms with Crippen LogP contribution >= 0.6 is 11.3 Å². The Morgan fingerprint density at radius 1 is 1.26 bits per heavy atom. The third-order valence-electron chi connectivity index (χ3n) is 5.43. The highest BCUT2D eigenvalue weighted by atomic mass is 32.1. The summed E-state index contributed by atoms with van der Waals surface area (Å²) in [5.41, 5.74) is 1.05. The Hall–Kier alpha value is -4.31. The van der Waals surface area contributed by atoms with Crippen molar-refractivity contribution in [2.45, 2.75) is 13.0 Å². The summed E-state index contributed by atoms with van der Waals surface area (Å²) in [7, 11) is 1.54. The minimum atomic E-state index is -0.803. The van der Waals surface area contributed by atoms with Crippen LogP contribution in [0, 0.1) is 10.1 Å². The molecule has 1 aliphatic rings. The van der Waals surface area contributed by atoms with Crippen LogP contribution in [-0.4, -0.2) is 29.2 Å². The van der Waals surface area contributed by atoms with E-state index in [2.05, 4.69) is 11.6 Å². The van der Waals surface area contributed by atoms with Crippen molar-refractivity contribution in [2.75, 3.05) is 13.7 Å². The molecule has 0 aliphatic carbocycles.